The Labute approximate surface area is 147 Å². The van der Waals surface area contributed by atoms with Gasteiger partial charge in [-0.05, 0) is 24.3 Å². The minimum Gasteiger partial charge on any atom is -0.224 e. The van der Waals surface area contributed by atoms with Crippen LogP contribution in [0.5, 0.6) is 0 Å². The van der Waals surface area contributed by atoms with Crippen LogP contribution >= 0.6 is 58.0 Å². The molecule has 0 spiro atoms. The second-order valence-electron chi connectivity index (χ2n) is 4.28. The molecule has 0 radical (unpaired) electrons. The van der Waals surface area contributed by atoms with Crippen molar-refractivity contribution in [3.05, 3.63) is 49.4 Å². The summed E-state index contributed by atoms with van der Waals surface area (Å²) in [6.07, 6.45) is 1.05. The fraction of sp³-hybridized carbons (Fsp3) is 0.0769. The molecule has 2 nitrogen and oxygen atoms in total. The Morgan fingerprint density at radius 3 is 1.62 bits per heavy atom. The molecule has 0 unspecified atom stereocenters. The number of hydrogen-bond donors (Lipinski definition) is 0. The van der Waals surface area contributed by atoms with Crippen LogP contribution in [0.1, 0.15) is 0 Å². The lowest BCUT2D eigenvalue weighted by Crippen LogP contribution is -1.99. The van der Waals surface area contributed by atoms with Gasteiger partial charge >= 0.3 is 0 Å². The van der Waals surface area contributed by atoms with Crippen molar-refractivity contribution < 1.29 is 8.42 Å². The highest BCUT2D eigenvalue weighted by Gasteiger charge is 2.18. The fourth-order valence-electron chi connectivity index (χ4n) is 1.75. The van der Waals surface area contributed by atoms with Crippen molar-refractivity contribution in [2.45, 2.75) is 4.90 Å². The molecular weight excluding hydrogens is 397 g/mol. The predicted molar refractivity (Wildman–Crippen MR) is 90.0 cm³/mol. The van der Waals surface area contributed by atoms with Crippen molar-refractivity contribution in [2.75, 3.05) is 6.26 Å². The summed E-state index contributed by atoms with van der Waals surface area (Å²) in [5.74, 6) is 0. The standard InChI is InChI=1S/C13H7Cl5O2S/c1-21(19,20)13-5-9(15)7(3-12(13)18)6-2-10(16)11(17)4-8(6)14/h2-5H,1H3. The molecule has 0 atom stereocenters. The van der Waals surface area contributed by atoms with Crippen molar-refractivity contribution in [1.29, 1.82) is 0 Å². The van der Waals surface area contributed by atoms with Gasteiger partial charge in [-0.15, -0.1) is 0 Å². The maximum Gasteiger partial charge on any atom is 0.177 e. The quantitative estimate of drug-likeness (QED) is 0.573. The number of benzene rings is 2. The van der Waals surface area contributed by atoms with Gasteiger partial charge in [-0.2, -0.15) is 0 Å². The third-order valence-corrected chi connectivity index (χ3v) is 5.63. The molecule has 8 heteroatoms. The van der Waals surface area contributed by atoms with Crippen LogP contribution in [0.3, 0.4) is 0 Å². The van der Waals surface area contributed by atoms with E-state index in [9.17, 15) is 8.42 Å². The van der Waals surface area contributed by atoms with Gasteiger partial charge in [-0.3, -0.25) is 0 Å². The molecule has 112 valence electrons. The van der Waals surface area contributed by atoms with Crippen LogP contribution in [0.4, 0.5) is 0 Å². The normalized spacial score (nSPS) is 11.7. The largest absolute Gasteiger partial charge is 0.224 e. The minimum absolute atomic E-state index is 0.0471. The topological polar surface area (TPSA) is 34.1 Å². The smallest absolute Gasteiger partial charge is 0.177 e. The van der Waals surface area contributed by atoms with Crippen LogP contribution in [0.15, 0.2) is 29.2 Å². The summed E-state index contributed by atoms with van der Waals surface area (Å²) in [7, 11) is -3.48. The van der Waals surface area contributed by atoms with Crippen LogP contribution in [0.2, 0.25) is 25.1 Å². The highest BCUT2D eigenvalue weighted by molar-refractivity contribution is 7.90. The predicted octanol–water partition coefficient (Wildman–Crippen LogP) is 6.02. The summed E-state index contributed by atoms with van der Waals surface area (Å²) < 4.78 is 23.2. The maximum absolute atomic E-state index is 11.6. The highest BCUT2D eigenvalue weighted by atomic mass is 35.5. The summed E-state index contributed by atoms with van der Waals surface area (Å²) in [5, 5.41) is 1.18. The third kappa shape index (κ3) is 3.61. The van der Waals surface area contributed by atoms with Crippen LogP contribution in [-0.2, 0) is 9.84 Å². The van der Waals surface area contributed by atoms with E-state index in [0.29, 0.717) is 26.2 Å². The van der Waals surface area contributed by atoms with E-state index in [4.69, 9.17) is 58.0 Å². The highest BCUT2D eigenvalue weighted by Crippen LogP contribution is 2.40. The molecule has 0 aliphatic heterocycles. The van der Waals surface area contributed by atoms with Crippen LogP contribution in [0, 0.1) is 0 Å². The van der Waals surface area contributed by atoms with Crippen molar-refractivity contribution >= 4 is 67.8 Å². The van der Waals surface area contributed by atoms with Gasteiger partial charge in [0.05, 0.1) is 25.0 Å². The average Bonchev–Trinajstić information content (AvgIpc) is 2.35. The maximum atomic E-state index is 11.6. The summed E-state index contributed by atoms with van der Waals surface area (Å²) in [5.41, 5.74) is 0.982. The van der Waals surface area contributed by atoms with E-state index in [1.165, 1.54) is 18.2 Å². The Balaban J connectivity index is 2.72. The second kappa shape index (κ2) is 6.15. The summed E-state index contributed by atoms with van der Waals surface area (Å²) >= 11 is 30.1. The van der Waals surface area contributed by atoms with Crippen LogP contribution in [-0.4, -0.2) is 14.7 Å². The zero-order chi connectivity index (χ0) is 15.9. The van der Waals surface area contributed by atoms with Gasteiger partial charge in [-0.25, -0.2) is 8.42 Å². The van der Waals surface area contributed by atoms with Crippen molar-refractivity contribution in [2.24, 2.45) is 0 Å². The fourth-order valence-corrected chi connectivity index (χ4v) is 4.06. The molecule has 0 amide bonds. The van der Waals surface area contributed by atoms with E-state index >= 15 is 0 Å². The Morgan fingerprint density at radius 1 is 0.667 bits per heavy atom. The first-order valence-corrected chi connectivity index (χ1v) is 9.23. The Kier molecular flexibility index (Phi) is 5.04. The number of sulfone groups is 1. The van der Waals surface area contributed by atoms with Gasteiger partial charge in [0, 0.05) is 22.4 Å². The first kappa shape index (κ1) is 17.2. The molecule has 0 heterocycles. The van der Waals surface area contributed by atoms with Crippen molar-refractivity contribution in [3.63, 3.8) is 0 Å². The lowest BCUT2D eigenvalue weighted by Gasteiger charge is -2.11. The SMILES string of the molecule is CS(=O)(=O)c1cc(Cl)c(-c2cc(Cl)c(Cl)cc2Cl)cc1Cl. The molecule has 0 aromatic heterocycles. The molecular formula is C13H7Cl5O2S. The van der Waals surface area contributed by atoms with Crippen LogP contribution < -0.4 is 0 Å². The molecule has 2 rings (SSSR count). The number of halogens is 5. The van der Waals surface area contributed by atoms with Gasteiger partial charge in [0.1, 0.15) is 0 Å². The molecule has 21 heavy (non-hydrogen) atoms. The lowest BCUT2D eigenvalue weighted by atomic mass is 10.1. The Bertz CT molecular complexity index is 831. The summed E-state index contributed by atoms with van der Waals surface area (Å²) in [6, 6.07) is 5.75. The molecule has 0 aliphatic rings. The second-order valence-corrected chi connectivity index (χ2v) is 8.30. The van der Waals surface area contributed by atoms with E-state index in [2.05, 4.69) is 0 Å². The van der Waals surface area contributed by atoms with E-state index in [1.54, 1.807) is 6.07 Å². The number of hydrogen-bond acceptors (Lipinski definition) is 2. The molecule has 0 fully saturated rings. The van der Waals surface area contributed by atoms with Crippen molar-refractivity contribution in [3.8, 4) is 11.1 Å². The Hall–Kier alpha value is -0.160. The van der Waals surface area contributed by atoms with Gasteiger partial charge in [0.25, 0.3) is 0 Å². The van der Waals surface area contributed by atoms with Gasteiger partial charge in [0.15, 0.2) is 9.84 Å². The van der Waals surface area contributed by atoms with Gasteiger partial charge in [-0.1, -0.05) is 58.0 Å². The first-order chi connectivity index (χ1) is 9.61. The zero-order valence-electron chi connectivity index (χ0n) is 10.4. The molecule has 0 saturated heterocycles. The van der Waals surface area contributed by atoms with Gasteiger partial charge < -0.3 is 0 Å². The first-order valence-electron chi connectivity index (χ1n) is 5.45. The third-order valence-electron chi connectivity index (χ3n) is 2.72. The zero-order valence-corrected chi connectivity index (χ0v) is 15.0. The van der Waals surface area contributed by atoms with E-state index in [1.807, 2.05) is 0 Å². The molecule has 0 bridgehead atoms. The lowest BCUT2D eigenvalue weighted by molar-refractivity contribution is 0.602. The molecule has 0 saturated carbocycles. The molecule has 2 aromatic carbocycles. The number of rotatable bonds is 2. The molecule has 0 aliphatic carbocycles. The summed E-state index contributed by atoms with van der Waals surface area (Å²) in [6.45, 7) is 0. The van der Waals surface area contributed by atoms with E-state index in [-0.39, 0.29) is 14.9 Å². The van der Waals surface area contributed by atoms with E-state index in [0.717, 1.165) is 6.26 Å². The van der Waals surface area contributed by atoms with E-state index < -0.39 is 9.84 Å². The minimum atomic E-state index is -3.48. The molecule has 2 aromatic rings. The average molecular weight is 405 g/mol. The monoisotopic (exact) mass is 402 g/mol. The Morgan fingerprint density at radius 2 is 1.10 bits per heavy atom. The van der Waals surface area contributed by atoms with Crippen LogP contribution in [0.25, 0.3) is 11.1 Å². The summed E-state index contributed by atoms with van der Waals surface area (Å²) in [4.78, 5) is -0.0471. The van der Waals surface area contributed by atoms with Crippen molar-refractivity contribution in [1.82, 2.24) is 0 Å². The molecule has 0 N–H and O–H groups in total. The van der Waals surface area contributed by atoms with Gasteiger partial charge in [0.2, 0.25) is 0 Å².